The topological polar surface area (TPSA) is 32.3 Å². The first kappa shape index (κ1) is 16.5. The molecule has 22 heavy (non-hydrogen) atoms. The molecule has 0 fully saturated rings. The van der Waals surface area contributed by atoms with Gasteiger partial charge in [0.2, 0.25) is 5.91 Å². The van der Waals surface area contributed by atoms with Gasteiger partial charge in [-0.2, -0.15) is 0 Å². The van der Waals surface area contributed by atoms with Crippen LogP contribution >= 0.6 is 11.6 Å². The van der Waals surface area contributed by atoms with Crippen LogP contribution in [0.1, 0.15) is 16.7 Å². The van der Waals surface area contributed by atoms with Crippen molar-refractivity contribution in [2.24, 2.45) is 0 Å². The number of hydrogen-bond acceptors (Lipinski definition) is 2. The third-order valence-electron chi connectivity index (χ3n) is 3.49. The average molecular weight is 317 g/mol. The van der Waals surface area contributed by atoms with Crippen LogP contribution in [-0.4, -0.2) is 24.4 Å². The summed E-state index contributed by atoms with van der Waals surface area (Å²) in [7, 11) is 1.92. The minimum absolute atomic E-state index is 0.0211. The summed E-state index contributed by atoms with van der Waals surface area (Å²) in [6.07, 6.45) is 0. The summed E-state index contributed by atoms with van der Waals surface area (Å²) in [6, 6.07) is 15.8. The molecular formula is C18H21ClN2O. The number of nitrogens with one attached hydrogen (secondary N) is 1. The van der Waals surface area contributed by atoms with Crippen molar-refractivity contribution in [3.63, 3.8) is 0 Å². The summed E-state index contributed by atoms with van der Waals surface area (Å²) in [5.74, 6) is 0.0211. The third kappa shape index (κ3) is 5.17. The van der Waals surface area contributed by atoms with E-state index in [0.717, 1.165) is 16.1 Å². The van der Waals surface area contributed by atoms with Crippen molar-refractivity contribution in [1.82, 2.24) is 10.2 Å². The Bertz CT molecular complexity index is 642. The summed E-state index contributed by atoms with van der Waals surface area (Å²) in [5, 5.41) is 3.68. The molecule has 1 amide bonds. The number of carbonyl (C=O) groups is 1. The van der Waals surface area contributed by atoms with Crippen LogP contribution in [0.25, 0.3) is 0 Å². The van der Waals surface area contributed by atoms with Gasteiger partial charge in [0.25, 0.3) is 0 Å². The van der Waals surface area contributed by atoms with E-state index in [2.05, 4.69) is 5.32 Å². The monoisotopic (exact) mass is 316 g/mol. The minimum Gasteiger partial charge on any atom is -0.351 e. The number of benzene rings is 2. The number of halogens is 1. The van der Waals surface area contributed by atoms with Crippen molar-refractivity contribution in [1.29, 1.82) is 0 Å². The van der Waals surface area contributed by atoms with Crippen molar-refractivity contribution in [3.05, 3.63) is 70.2 Å². The highest BCUT2D eigenvalue weighted by atomic mass is 35.5. The lowest BCUT2D eigenvalue weighted by Crippen LogP contribution is -2.34. The second kappa shape index (κ2) is 7.97. The van der Waals surface area contributed by atoms with E-state index < -0.39 is 0 Å². The van der Waals surface area contributed by atoms with Crippen LogP contribution in [0, 0.1) is 6.92 Å². The largest absolute Gasteiger partial charge is 0.351 e. The maximum atomic E-state index is 12.0. The molecule has 0 atom stereocenters. The predicted molar refractivity (Wildman–Crippen MR) is 90.8 cm³/mol. The van der Waals surface area contributed by atoms with Gasteiger partial charge >= 0.3 is 0 Å². The van der Waals surface area contributed by atoms with Crippen LogP contribution in [0.2, 0.25) is 5.02 Å². The molecule has 3 nitrogen and oxygen atoms in total. The van der Waals surface area contributed by atoms with E-state index >= 15 is 0 Å². The first-order valence-corrected chi connectivity index (χ1v) is 7.66. The molecule has 0 saturated heterocycles. The van der Waals surface area contributed by atoms with Gasteiger partial charge < -0.3 is 5.32 Å². The number of likely N-dealkylation sites (N-methyl/N-ethyl adjacent to an activating group) is 1. The summed E-state index contributed by atoms with van der Waals surface area (Å²) in [5.41, 5.74) is 3.44. The lowest BCUT2D eigenvalue weighted by atomic mass is 10.1. The second-order valence-electron chi connectivity index (χ2n) is 5.51. The zero-order chi connectivity index (χ0) is 15.9. The predicted octanol–water partition coefficient (Wildman–Crippen LogP) is 3.40. The van der Waals surface area contributed by atoms with Gasteiger partial charge in [-0.05, 0) is 42.8 Å². The highest BCUT2D eigenvalue weighted by Crippen LogP contribution is 2.12. The van der Waals surface area contributed by atoms with Crippen molar-refractivity contribution in [2.75, 3.05) is 13.6 Å². The van der Waals surface area contributed by atoms with Gasteiger partial charge in [-0.1, -0.05) is 48.0 Å². The van der Waals surface area contributed by atoms with Crippen molar-refractivity contribution in [3.8, 4) is 0 Å². The maximum Gasteiger partial charge on any atom is 0.234 e. The fourth-order valence-corrected chi connectivity index (χ4v) is 2.52. The van der Waals surface area contributed by atoms with E-state index in [-0.39, 0.29) is 5.91 Å². The number of aryl methyl sites for hydroxylation is 1. The molecule has 2 rings (SSSR count). The van der Waals surface area contributed by atoms with Crippen LogP contribution < -0.4 is 5.32 Å². The van der Waals surface area contributed by atoms with Gasteiger partial charge in [0.1, 0.15) is 0 Å². The number of nitrogens with zero attached hydrogens (tertiary/aromatic N) is 1. The molecule has 0 heterocycles. The highest BCUT2D eigenvalue weighted by molar-refractivity contribution is 6.30. The zero-order valence-corrected chi connectivity index (χ0v) is 13.7. The highest BCUT2D eigenvalue weighted by Gasteiger charge is 2.08. The van der Waals surface area contributed by atoms with E-state index in [0.29, 0.717) is 19.6 Å². The number of amides is 1. The Labute approximate surface area is 136 Å². The van der Waals surface area contributed by atoms with E-state index in [1.165, 1.54) is 5.56 Å². The van der Waals surface area contributed by atoms with Crippen LogP contribution in [0.15, 0.2) is 48.5 Å². The molecular weight excluding hydrogens is 296 g/mol. The first-order chi connectivity index (χ1) is 10.5. The molecule has 0 saturated carbocycles. The minimum atomic E-state index is 0.0211. The van der Waals surface area contributed by atoms with Crippen LogP contribution in [0.3, 0.4) is 0 Å². The molecule has 116 valence electrons. The molecule has 0 radical (unpaired) electrons. The quantitative estimate of drug-likeness (QED) is 0.886. The summed E-state index contributed by atoms with van der Waals surface area (Å²) >= 11 is 5.97. The lowest BCUT2D eigenvalue weighted by molar-refractivity contribution is -0.122. The Kier molecular flexibility index (Phi) is 5.99. The average Bonchev–Trinajstić information content (AvgIpc) is 2.46. The molecule has 0 aromatic heterocycles. The number of rotatable bonds is 6. The summed E-state index contributed by atoms with van der Waals surface area (Å²) in [6.45, 7) is 3.67. The van der Waals surface area contributed by atoms with Gasteiger partial charge in [-0.25, -0.2) is 0 Å². The molecule has 2 aromatic carbocycles. The molecule has 0 spiro atoms. The van der Waals surface area contributed by atoms with Gasteiger partial charge in [0.15, 0.2) is 0 Å². The van der Waals surface area contributed by atoms with Crippen LogP contribution in [0.4, 0.5) is 0 Å². The van der Waals surface area contributed by atoms with Gasteiger partial charge in [0.05, 0.1) is 6.54 Å². The second-order valence-corrected chi connectivity index (χ2v) is 5.94. The Morgan fingerprint density at radius 3 is 2.68 bits per heavy atom. The van der Waals surface area contributed by atoms with E-state index in [4.69, 9.17) is 11.6 Å². The van der Waals surface area contributed by atoms with Crippen molar-refractivity contribution in [2.45, 2.75) is 20.0 Å². The lowest BCUT2D eigenvalue weighted by Gasteiger charge is -2.17. The summed E-state index contributed by atoms with van der Waals surface area (Å²) < 4.78 is 0. The number of hydrogen-bond donors (Lipinski definition) is 1. The maximum absolute atomic E-state index is 12.0. The van der Waals surface area contributed by atoms with E-state index in [1.54, 1.807) is 0 Å². The molecule has 1 N–H and O–H groups in total. The van der Waals surface area contributed by atoms with Gasteiger partial charge in [-0.15, -0.1) is 0 Å². The van der Waals surface area contributed by atoms with Crippen molar-refractivity contribution >= 4 is 17.5 Å². The fourth-order valence-electron chi connectivity index (χ4n) is 2.31. The Morgan fingerprint density at radius 1 is 1.18 bits per heavy atom. The van der Waals surface area contributed by atoms with E-state index in [9.17, 15) is 4.79 Å². The van der Waals surface area contributed by atoms with Crippen LogP contribution in [-0.2, 0) is 17.9 Å². The molecule has 0 aliphatic carbocycles. The van der Waals surface area contributed by atoms with Gasteiger partial charge in [0, 0.05) is 18.1 Å². The number of carbonyl (C=O) groups excluding carboxylic acids is 1. The third-order valence-corrected chi connectivity index (χ3v) is 3.73. The normalized spacial score (nSPS) is 10.7. The molecule has 0 aliphatic rings. The Morgan fingerprint density at radius 2 is 1.95 bits per heavy atom. The van der Waals surface area contributed by atoms with Gasteiger partial charge in [-0.3, -0.25) is 9.69 Å². The molecule has 0 aliphatic heterocycles. The van der Waals surface area contributed by atoms with Crippen molar-refractivity contribution < 1.29 is 4.79 Å². The molecule has 2 aromatic rings. The summed E-state index contributed by atoms with van der Waals surface area (Å²) in [4.78, 5) is 14.0. The first-order valence-electron chi connectivity index (χ1n) is 7.29. The molecule has 0 bridgehead atoms. The zero-order valence-electron chi connectivity index (χ0n) is 13.0. The fraction of sp³-hybridized carbons (Fsp3) is 0.278. The SMILES string of the molecule is Cc1ccccc1CNC(=O)CN(C)Cc1cccc(Cl)c1. The smallest absolute Gasteiger partial charge is 0.234 e. The van der Waals surface area contributed by atoms with Crippen LogP contribution in [0.5, 0.6) is 0 Å². The standard InChI is InChI=1S/C18H21ClN2O/c1-14-6-3-4-8-16(14)11-20-18(22)13-21(2)12-15-7-5-9-17(19)10-15/h3-10H,11-13H2,1-2H3,(H,20,22). The molecule has 4 heteroatoms. The van der Waals surface area contributed by atoms with E-state index in [1.807, 2.05) is 67.4 Å². The molecule has 0 unspecified atom stereocenters. The Hall–Kier alpha value is -1.84. The Balaban J connectivity index is 1.80.